The second kappa shape index (κ2) is 10.4. The summed E-state index contributed by atoms with van der Waals surface area (Å²) in [5, 5.41) is 7.38. The predicted molar refractivity (Wildman–Crippen MR) is 142 cm³/mol. The summed E-state index contributed by atoms with van der Waals surface area (Å²) < 4.78 is 34.0. The van der Waals surface area contributed by atoms with E-state index in [1.807, 2.05) is 0 Å². The van der Waals surface area contributed by atoms with Gasteiger partial charge in [0.1, 0.15) is 17.2 Å². The lowest BCUT2D eigenvalue weighted by Gasteiger charge is -2.39. The Balaban J connectivity index is 1.33. The molecule has 0 aliphatic carbocycles. The number of halogens is 1. The van der Waals surface area contributed by atoms with Gasteiger partial charge in [-0.1, -0.05) is 18.0 Å². The molecule has 0 bridgehead atoms. The maximum absolute atomic E-state index is 13.4. The number of aromatic nitrogens is 3. The quantitative estimate of drug-likeness (QED) is 0.416. The van der Waals surface area contributed by atoms with Crippen molar-refractivity contribution in [1.29, 1.82) is 0 Å². The number of nitrogens with one attached hydrogen (secondary N) is 3. The third kappa shape index (κ3) is 4.84. The molecule has 2 aliphatic heterocycles. The number of aromatic amines is 1. The summed E-state index contributed by atoms with van der Waals surface area (Å²) in [4.78, 5) is 14.7. The SMILES string of the molecule is CNc1nc(Nc2ccc(S(=O)(=O)N3CCC(N4CCCCC4)CC3)cc2OC)nc2[nH]cc(Cl)c12. The molecule has 2 aliphatic rings. The van der Waals surface area contributed by atoms with Gasteiger partial charge < -0.3 is 25.3 Å². The number of nitrogens with zero attached hydrogens (tertiary/aromatic N) is 4. The van der Waals surface area contributed by atoms with Crippen LogP contribution in [-0.4, -0.2) is 79.0 Å². The van der Waals surface area contributed by atoms with Crippen molar-refractivity contribution in [2.75, 3.05) is 51.0 Å². The van der Waals surface area contributed by atoms with E-state index in [9.17, 15) is 8.42 Å². The smallest absolute Gasteiger partial charge is 0.243 e. The molecule has 2 aromatic heterocycles. The standard InChI is InChI=1S/C24H32ClN7O3S/c1-26-22-21-18(25)15-27-23(21)30-24(29-22)28-19-7-6-17(14-20(19)35-2)36(33,34)32-12-8-16(9-13-32)31-10-4-3-5-11-31/h6-7,14-16H,3-5,8-13H2,1-2H3,(H3,26,27,28,29,30). The second-order valence-corrected chi connectivity index (χ2v) is 11.6. The van der Waals surface area contributed by atoms with E-state index >= 15 is 0 Å². The van der Waals surface area contributed by atoms with Crippen LogP contribution in [0.25, 0.3) is 11.0 Å². The number of benzene rings is 1. The first kappa shape index (κ1) is 25.1. The van der Waals surface area contributed by atoms with E-state index in [4.69, 9.17) is 16.3 Å². The van der Waals surface area contributed by atoms with Crippen LogP contribution in [0.15, 0.2) is 29.3 Å². The minimum atomic E-state index is -3.63. The zero-order valence-corrected chi connectivity index (χ0v) is 22.1. The number of methoxy groups -OCH3 is 1. The normalized spacial score (nSPS) is 18.4. The highest BCUT2D eigenvalue weighted by Gasteiger charge is 2.32. The topological polar surface area (TPSA) is 115 Å². The van der Waals surface area contributed by atoms with Gasteiger partial charge in [-0.3, -0.25) is 0 Å². The lowest BCUT2D eigenvalue weighted by atomic mass is 10.0. The van der Waals surface area contributed by atoms with Crippen LogP contribution in [0, 0.1) is 0 Å². The van der Waals surface area contributed by atoms with E-state index in [0.29, 0.717) is 58.4 Å². The minimum Gasteiger partial charge on any atom is -0.495 e. The van der Waals surface area contributed by atoms with E-state index in [-0.39, 0.29) is 4.90 Å². The van der Waals surface area contributed by atoms with Crippen LogP contribution in [0.3, 0.4) is 0 Å². The molecular formula is C24H32ClN7O3S. The molecule has 4 heterocycles. The van der Waals surface area contributed by atoms with Gasteiger partial charge in [0.05, 0.1) is 28.1 Å². The van der Waals surface area contributed by atoms with Crippen molar-refractivity contribution in [1.82, 2.24) is 24.2 Å². The summed E-state index contributed by atoms with van der Waals surface area (Å²) in [5.74, 6) is 1.28. The van der Waals surface area contributed by atoms with Crippen molar-refractivity contribution in [3.8, 4) is 5.75 Å². The lowest BCUT2D eigenvalue weighted by molar-refractivity contribution is 0.118. The summed E-state index contributed by atoms with van der Waals surface area (Å²) in [6.45, 7) is 3.33. The highest BCUT2D eigenvalue weighted by molar-refractivity contribution is 7.89. The number of piperidine rings is 2. The molecule has 2 saturated heterocycles. The number of hydrogen-bond donors (Lipinski definition) is 3. The zero-order chi connectivity index (χ0) is 25.3. The molecule has 3 aromatic rings. The van der Waals surface area contributed by atoms with Gasteiger partial charge in [0.25, 0.3) is 0 Å². The molecule has 12 heteroatoms. The molecule has 0 spiro atoms. The molecule has 5 rings (SSSR count). The molecule has 0 saturated carbocycles. The summed E-state index contributed by atoms with van der Waals surface area (Å²) >= 11 is 6.23. The largest absolute Gasteiger partial charge is 0.495 e. The fraction of sp³-hybridized carbons (Fsp3) is 0.500. The second-order valence-electron chi connectivity index (χ2n) is 9.23. The maximum Gasteiger partial charge on any atom is 0.243 e. The van der Waals surface area contributed by atoms with Gasteiger partial charge in [-0.15, -0.1) is 0 Å². The monoisotopic (exact) mass is 533 g/mol. The Hall–Kier alpha value is -2.60. The molecule has 1 aromatic carbocycles. The predicted octanol–water partition coefficient (Wildman–Crippen LogP) is 4.04. The van der Waals surface area contributed by atoms with Crippen molar-refractivity contribution in [3.63, 3.8) is 0 Å². The first-order valence-electron chi connectivity index (χ1n) is 12.3. The van der Waals surface area contributed by atoms with Crippen LogP contribution in [-0.2, 0) is 10.0 Å². The van der Waals surface area contributed by atoms with E-state index in [0.717, 1.165) is 25.9 Å². The van der Waals surface area contributed by atoms with Crippen LogP contribution in [0.4, 0.5) is 17.5 Å². The van der Waals surface area contributed by atoms with E-state index in [1.54, 1.807) is 35.7 Å². The van der Waals surface area contributed by atoms with Crippen molar-refractivity contribution in [2.45, 2.75) is 43.0 Å². The van der Waals surface area contributed by atoms with Crippen molar-refractivity contribution in [3.05, 3.63) is 29.4 Å². The number of hydrogen-bond acceptors (Lipinski definition) is 8. The van der Waals surface area contributed by atoms with Crippen molar-refractivity contribution >= 4 is 50.1 Å². The number of ether oxygens (including phenoxy) is 1. The fourth-order valence-corrected chi connectivity index (χ4v) is 6.89. The Labute approximate surface area is 216 Å². The number of anilines is 3. The molecule has 10 nitrogen and oxygen atoms in total. The number of rotatable bonds is 7. The van der Waals surface area contributed by atoms with Crippen LogP contribution in [0.2, 0.25) is 5.02 Å². The van der Waals surface area contributed by atoms with Crippen LogP contribution in [0.5, 0.6) is 5.75 Å². The van der Waals surface area contributed by atoms with E-state index in [1.165, 1.54) is 26.4 Å². The number of sulfonamides is 1. The van der Waals surface area contributed by atoms with Gasteiger partial charge in [0, 0.05) is 38.4 Å². The molecule has 3 N–H and O–H groups in total. The third-order valence-electron chi connectivity index (χ3n) is 7.11. The van der Waals surface area contributed by atoms with Crippen LogP contribution < -0.4 is 15.4 Å². The summed E-state index contributed by atoms with van der Waals surface area (Å²) in [6, 6.07) is 5.31. The molecular weight excluding hydrogens is 502 g/mol. The average molecular weight is 534 g/mol. The molecule has 0 amide bonds. The van der Waals surface area contributed by atoms with Gasteiger partial charge >= 0.3 is 0 Å². The molecule has 0 unspecified atom stereocenters. The highest BCUT2D eigenvalue weighted by Crippen LogP contribution is 2.34. The number of H-pyrrole nitrogens is 1. The third-order valence-corrected chi connectivity index (χ3v) is 9.30. The first-order valence-corrected chi connectivity index (χ1v) is 14.1. The Morgan fingerprint density at radius 3 is 2.56 bits per heavy atom. The Kier molecular flexibility index (Phi) is 7.25. The van der Waals surface area contributed by atoms with Crippen LogP contribution >= 0.6 is 11.6 Å². The molecule has 194 valence electrons. The van der Waals surface area contributed by atoms with Crippen molar-refractivity contribution < 1.29 is 13.2 Å². The fourth-order valence-electron chi connectivity index (χ4n) is 5.17. The molecule has 36 heavy (non-hydrogen) atoms. The van der Waals surface area contributed by atoms with Gasteiger partial charge in [0.15, 0.2) is 0 Å². The lowest BCUT2D eigenvalue weighted by Crippen LogP contribution is -2.48. The highest BCUT2D eigenvalue weighted by atomic mass is 35.5. The number of fused-ring (bicyclic) bond motifs is 1. The summed E-state index contributed by atoms with van der Waals surface area (Å²) in [6.07, 6.45) is 7.17. The van der Waals surface area contributed by atoms with Gasteiger partial charge in [0.2, 0.25) is 16.0 Å². The summed E-state index contributed by atoms with van der Waals surface area (Å²) in [7, 11) is -0.366. The molecule has 2 fully saturated rings. The minimum absolute atomic E-state index is 0.213. The number of likely N-dealkylation sites (tertiary alicyclic amines) is 1. The van der Waals surface area contributed by atoms with Crippen molar-refractivity contribution in [2.24, 2.45) is 0 Å². The first-order chi connectivity index (χ1) is 17.4. The Morgan fingerprint density at radius 2 is 1.86 bits per heavy atom. The Bertz CT molecular complexity index is 1330. The van der Waals surface area contributed by atoms with Crippen LogP contribution in [0.1, 0.15) is 32.1 Å². The van der Waals surface area contributed by atoms with Gasteiger partial charge in [-0.25, -0.2) is 8.42 Å². The zero-order valence-electron chi connectivity index (χ0n) is 20.6. The van der Waals surface area contributed by atoms with Gasteiger partial charge in [-0.05, 0) is 50.9 Å². The van der Waals surface area contributed by atoms with E-state index < -0.39 is 10.0 Å². The maximum atomic E-state index is 13.4. The molecule has 0 radical (unpaired) electrons. The Morgan fingerprint density at radius 1 is 1.11 bits per heavy atom. The average Bonchev–Trinajstić information content (AvgIpc) is 3.29. The van der Waals surface area contributed by atoms with E-state index in [2.05, 4.69) is 30.5 Å². The molecule has 0 atom stereocenters. The summed E-state index contributed by atoms with van der Waals surface area (Å²) in [5.41, 5.74) is 1.13. The van der Waals surface area contributed by atoms with Gasteiger partial charge in [-0.2, -0.15) is 14.3 Å².